The second-order valence-corrected chi connectivity index (χ2v) is 4.37. The van der Waals surface area contributed by atoms with Crippen LogP contribution in [0.1, 0.15) is 22.0 Å². The fourth-order valence-corrected chi connectivity index (χ4v) is 2.18. The molecular weight excluding hydrogens is 313 g/mol. The highest BCUT2D eigenvalue weighted by Gasteiger charge is 2.55. The number of aliphatic hydroxyl groups excluding tert-OH is 2. The van der Waals surface area contributed by atoms with Crippen LogP contribution in [0, 0.1) is 29.2 Å². The Hall–Kier alpha value is -1.68. The van der Waals surface area contributed by atoms with Gasteiger partial charge in [0.05, 0.1) is 17.6 Å². The number of carbonyl (C=O) groups excluding carboxylic acids is 1. The van der Waals surface area contributed by atoms with Gasteiger partial charge in [-0.15, -0.1) is 0 Å². The van der Waals surface area contributed by atoms with Crippen LogP contribution in [-0.4, -0.2) is 28.3 Å². The molecule has 2 rings (SSSR count). The zero-order valence-corrected chi connectivity index (χ0v) is 9.68. The molecule has 3 atom stereocenters. The van der Waals surface area contributed by atoms with Crippen molar-refractivity contribution in [1.29, 1.82) is 0 Å². The standard InChI is InChI=1S/C11H5F7O3/c12-4-1-2(5(13)7(15)6(4)14)9(20)3(8(1)19)10(21)11(16,17)18/h3,8,10,19,21H/t3?,8?,10-/m1/s1. The lowest BCUT2D eigenvalue weighted by molar-refractivity contribution is -0.221. The van der Waals surface area contributed by atoms with E-state index in [0.717, 1.165) is 0 Å². The number of ketones is 1. The molecule has 10 heteroatoms. The Morgan fingerprint density at radius 3 is 1.90 bits per heavy atom. The molecule has 1 aromatic rings. The van der Waals surface area contributed by atoms with Crippen LogP contribution in [0.25, 0.3) is 0 Å². The van der Waals surface area contributed by atoms with Crippen molar-refractivity contribution in [3.63, 3.8) is 0 Å². The smallest absolute Gasteiger partial charge is 0.387 e. The van der Waals surface area contributed by atoms with Gasteiger partial charge in [-0.05, 0) is 0 Å². The van der Waals surface area contributed by atoms with E-state index in [1.165, 1.54) is 0 Å². The first-order chi connectivity index (χ1) is 9.50. The van der Waals surface area contributed by atoms with Gasteiger partial charge < -0.3 is 10.2 Å². The van der Waals surface area contributed by atoms with Gasteiger partial charge in [0.25, 0.3) is 0 Å². The maximum atomic E-state index is 13.4. The maximum absolute atomic E-state index is 13.4. The summed E-state index contributed by atoms with van der Waals surface area (Å²) >= 11 is 0. The molecule has 1 aliphatic rings. The summed E-state index contributed by atoms with van der Waals surface area (Å²) in [4.78, 5) is 11.6. The second-order valence-electron chi connectivity index (χ2n) is 4.37. The summed E-state index contributed by atoms with van der Waals surface area (Å²) in [6, 6.07) is 0. The van der Waals surface area contributed by atoms with E-state index in [-0.39, 0.29) is 0 Å². The fourth-order valence-electron chi connectivity index (χ4n) is 2.18. The highest BCUT2D eigenvalue weighted by atomic mass is 19.4. The first-order valence-corrected chi connectivity index (χ1v) is 5.33. The second kappa shape index (κ2) is 4.67. The van der Waals surface area contributed by atoms with Crippen molar-refractivity contribution in [1.82, 2.24) is 0 Å². The number of Topliss-reactive ketones (excluding diaryl/α,β-unsaturated/α-hetero) is 1. The third kappa shape index (κ3) is 2.09. The van der Waals surface area contributed by atoms with Gasteiger partial charge >= 0.3 is 6.18 Å². The summed E-state index contributed by atoms with van der Waals surface area (Å²) in [7, 11) is 0. The molecule has 2 N–H and O–H groups in total. The Morgan fingerprint density at radius 2 is 1.43 bits per heavy atom. The Balaban J connectivity index is 2.66. The molecule has 0 fully saturated rings. The van der Waals surface area contributed by atoms with Crippen LogP contribution in [0.15, 0.2) is 0 Å². The molecule has 0 bridgehead atoms. The number of benzene rings is 1. The van der Waals surface area contributed by atoms with E-state index in [1.807, 2.05) is 0 Å². The molecular formula is C11H5F7O3. The zero-order valence-electron chi connectivity index (χ0n) is 9.68. The summed E-state index contributed by atoms with van der Waals surface area (Å²) < 4.78 is 90.0. The van der Waals surface area contributed by atoms with Crippen molar-refractivity contribution in [3.8, 4) is 0 Å². The van der Waals surface area contributed by atoms with Crippen LogP contribution < -0.4 is 0 Å². The summed E-state index contributed by atoms with van der Waals surface area (Å²) in [5, 5.41) is 18.5. The Morgan fingerprint density at radius 1 is 0.952 bits per heavy atom. The molecule has 1 aliphatic carbocycles. The lowest BCUT2D eigenvalue weighted by Gasteiger charge is -2.22. The molecule has 0 saturated carbocycles. The highest BCUT2D eigenvalue weighted by molar-refractivity contribution is 6.03. The molecule has 0 heterocycles. The number of halogens is 7. The maximum Gasteiger partial charge on any atom is 0.415 e. The number of aliphatic hydroxyl groups is 2. The third-order valence-corrected chi connectivity index (χ3v) is 3.16. The van der Waals surface area contributed by atoms with Gasteiger partial charge in [0, 0.05) is 5.56 Å². The lowest BCUT2D eigenvalue weighted by atomic mass is 9.95. The molecule has 0 aromatic heterocycles. The Bertz CT molecular complexity index is 625. The van der Waals surface area contributed by atoms with Crippen molar-refractivity contribution in [2.24, 2.45) is 5.92 Å². The average molecular weight is 318 g/mol. The van der Waals surface area contributed by atoms with Gasteiger partial charge in [-0.1, -0.05) is 0 Å². The lowest BCUT2D eigenvalue weighted by Crippen LogP contribution is -2.40. The van der Waals surface area contributed by atoms with Crippen molar-refractivity contribution < 1.29 is 45.7 Å². The van der Waals surface area contributed by atoms with Gasteiger partial charge in [0.15, 0.2) is 35.2 Å². The predicted molar refractivity (Wildman–Crippen MR) is 51.1 cm³/mol. The monoisotopic (exact) mass is 318 g/mol. The quantitative estimate of drug-likeness (QED) is 0.473. The van der Waals surface area contributed by atoms with Gasteiger partial charge in [-0.2, -0.15) is 13.2 Å². The van der Waals surface area contributed by atoms with Crippen LogP contribution in [-0.2, 0) is 0 Å². The molecule has 21 heavy (non-hydrogen) atoms. The van der Waals surface area contributed by atoms with Crippen molar-refractivity contribution in [2.45, 2.75) is 18.4 Å². The Kier molecular flexibility index (Phi) is 3.49. The molecule has 116 valence electrons. The SMILES string of the molecule is O=C1c2c(F)c(F)c(F)c(F)c2C(O)C1[C@@H](O)C(F)(F)F. The number of fused-ring (bicyclic) bond motifs is 1. The molecule has 0 aliphatic heterocycles. The van der Waals surface area contributed by atoms with Crippen LogP contribution in [0.4, 0.5) is 30.7 Å². The van der Waals surface area contributed by atoms with Gasteiger partial charge in [-0.3, -0.25) is 4.79 Å². The van der Waals surface area contributed by atoms with Crippen molar-refractivity contribution in [2.75, 3.05) is 0 Å². The number of carbonyl (C=O) groups is 1. The minimum Gasteiger partial charge on any atom is -0.387 e. The summed E-state index contributed by atoms with van der Waals surface area (Å²) in [6.45, 7) is 0. The van der Waals surface area contributed by atoms with E-state index in [9.17, 15) is 40.6 Å². The van der Waals surface area contributed by atoms with E-state index in [1.54, 1.807) is 0 Å². The average Bonchev–Trinajstić information content (AvgIpc) is 2.63. The van der Waals surface area contributed by atoms with E-state index < -0.39 is 64.5 Å². The van der Waals surface area contributed by atoms with Crippen molar-refractivity contribution >= 4 is 5.78 Å². The third-order valence-electron chi connectivity index (χ3n) is 3.16. The van der Waals surface area contributed by atoms with Crippen LogP contribution in [0.2, 0.25) is 0 Å². The van der Waals surface area contributed by atoms with Crippen LogP contribution >= 0.6 is 0 Å². The fraction of sp³-hybridized carbons (Fsp3) is 0.364. The van der Waals surface area contributed by atoms with E-state index in [4.69, 9.17) is 5.11 Å². The van der Waals surface area contributed by atoms with Crippen LogP contribution in [0.5, 0.6) is 0 Å². The molecule has 2 unspecified atom stereocenters. The largest absolute Gasteiger partial charge is 0.415 e. The van der Waals surface area contributed by atoms with Gasteiger partial charge in [0.2, 0.25) is 0 Å². The van der Waals surface area contributed by atoms with Gasteiger partial charge in [-0.25, -0.2) is 17.6 Å². The predicted octanol–water partition coefficient (Wildman–Crippen LogP) is 2.01. The Labute approximate surface area is 111 Å². The molecule has 0 amide bonds. The summed E-state index contributed by atoms with van der Waals surface area (Å²) in [5.41, 5.74) is -2.98. The summed E-state index contributed by atoms with van der Waals surface area (Å²) in [6.07, 6.45) is -11.5. The molecule has 0 saturated heterocycles. The number of hydrogen-bond donors (Lipinski definition) is 2. The van der Waals surface area contributed by atoms with Crippen molar-refractivity contribution in [3.05, 3.63) is 34.4 Å². The first-order valence-electron chi connectivity index (χ1n) is 5.33. The first kappa shape index (κ1) is 15.7. The minimum absolute atomic E-state index is 1.44. The highest BCUT2D eigenvalue weighted by Crippen LogP contribution is 2.45. The van der Waals surface area contributed by atoms with E-state index in [0.29, 0.717) is 0 Å². The molecule has 1 aromatic carbocycles. The van der Waals surface area contributed by atoms with E-state index >= 15 is 0 Å². The molecule has 3 nitrogen and oxygen atoms in total. The molecule has 0 spiro atoms. The number of alkyl halides is 3. The van der Waals surface area contributed by atoms with Crippen LogP contribution in [0.3, 0.4) is 0 Å². The topological polar surface area (TPSA) is 57.5 Å². The molecule has 0 radical (unpaired) electrons. The van der Waals surface area contributed by atoms with E-state index in [2.05, 4.69) is 0 Å². The number of rotatable bonds is 1. The zero-order chi connectivity index (χ0) is 16.3. The normalized spacial score (nSPS) is 23.4. The minimum atomic E-state index is -5.38. The number of hydrogen-bond acceptors (Lipinski definition) is 3. The summed E-state index contributed by atoms with van der Waals surface area (Å²) in [5.74, 6) is -13.7. The van der Waals surface area contributed by atoms with Gasteiger partial charge in [0.1, 0.15) is 0 Å².